The van der Waals surface area contributed by atoms with Crippen molar-refractivity contribution in [1.29, 1.82) is 0 Å². The number of carbonyl (C=O) groups is 1. The Morgan fingerprint density at radius 1 is 1.11 bits per heavy atom. The van der Waals surface area contributed by atoms with Crippen LogP contribution in [0.1, 0.15) is 20.8 Å². The SMILES string of the molecule is COc1cc2sc(C(=O)O)c(OCc3cccc(C(F)(F)F)c3)c2cc1OC. The van der Waals surface area contributed by atoms with Crippen LogP contribution in [0.3, 0.4) is 0 Å². The van der Waals surface area contributed by atoms with E-state index in [1.807, 2.05) is 0 Å². The quantitative estimate of drug-likeness (QED) is 0.602. The van der Waals surface area contributed by atoms with Crippen LogP contribution in [0.15, 0.2) is 36.4 Å². The Hall–Kier alpha value is -2.94. The first-order chi connectivity index (χ1) is 13.2. The van der Waals surface area contributed by atoms with Gasteiger partial charge in [-0.3, -0.25) is 0 Å². The fourth-order valence-electron chi connectivity index (χ4n) is 2.68. The van der Waals surface area contributed by atoms with Crippen LogP contribution in [-0.4, -0.2) is 25.3 Å². The molecule has 0 aliphatic carbocycles. The van der Waals surface area contributed by atoms with Crippen LogP contribution < -0.4 is 14.2 Å². The summed E-state index contributed by atoms with van der Waals surface area (Å²) >= 11 is 0.983. The van der Waals surface area contributed by atoms with Crippen LogP contribution in [0, 0.1) is 0 Å². The minimum absolute atomic E-state index is 0.0581. The maximum atomic E-state index is 12.9. The lowest BCUT2D eigenvalue weighted by Gasteiger charge is -2.11. The molecule has 0 saturated heterocycles. The fourth-order valence-corrected chi connectivity index (χ4v) is 3.67. The smallest absolute Gasteiger partial charge is 0.416 e. The van der Waals surface area contributed by atoms with E-state index in [1.54, 1.807) is 12.1 Å². The normalized spacial score (nSPS) is 11.5. The van der Waals surface area contributed by atoms with E-state index in [0.717, 1.165) is 23.5 Å². The van der Waals surface area contributed by atoms with Gasteiger partial charge in [-0.1, -0.05) is 12.1 Å². The molecule has 0 aliphatic heterocycles. The van der Waals surface area contributed by atoms with E-state index in [2.05, 4.69) is 0 Å². The number of rotatable bonds is 6. The van der Waals surface area contributed by atoms with Crippen LogP contribution in [0.4, 0.5) is 13.2 Å². The summed E-state index contributed by atoms with van der Waals surface area (Å²) < 4.78 is 55.3. The maximum absolute atomic E-state index is 12.9. The third kappa shape index (κ3) is 3.84. The predicted octanol–water partition coefficient (Wildman–Crippen LogP) is 5.21. The zero-order chi connectivity index (χ0) is 20.5. The summed E-state index contributed by atoms with van der Waals surface area (Å²) in [6, 6.07) is 7.90. The van der Waals surface area contributed by atoms with Crippen molar-refractivity contribution in [1.82, 2.24) is 0 Å². The molecule has 5 nitrogen and oxygen atoms in total. The van der Waals surface area contributed by atoms with Gasteiger partial charge in [0.05, 0.1) is 19.8 Å². The number of carboxylic acids is 1. The highest BCUT2D eigenvalue weighted by molar-refractivity contribution is 7.21. The van der Waals surface area contributed by atoms with Gasteiger partial charge in [0.2, 0.25) is 0 Å². The Bertz CT molecular complexity index is 1030. The molecule has 0 atom stereocenters. The Morgan fingerprint density at radius 3 is 2.39 bits per heavy atom. The van der Waals surface area contributed by atoms with E-state index < -0.39 is 17.7 Å². The lowest BCUT2D eigenvalue weighted by molar-refractivity contribution is -0.137. The number of carboxylic acid groups (broad SMARTS) is 1. The highest BCUT2D eigenvalue weighted by Gasteiger charge is 2.30. The van der Waals surface area contributed by atoms with E-state index in [9.17, 15) is 23.1 Å². The molecule has 9 heteroatoms. The summed E-state index contributed by atoms with van der Waals surface area (Å²) in [5.74, 6) is -0.310. The average Bonchev–Trinajstić information content (AvgIpc) is 3.02. The molecule has 1 aromatic heterocycles. The largest absolute Gasteiger partial charge is 0.493 e. The number of alkyl halides is 3. The van der Waals surface area contributed by atoms with Gasteiger partial charge in [0.1, 0.15) is 6.61 Å². The number of methoxy groups -OCH3 is 2. The Balaban J connectivity index is 2.00. The van der Waals surface area contributed by atoms with Gasteiger partial charge in [-0.2, -0.15) is 13.2 Å². The minimum Gasteiger partial charge on any atom is -0.493 e. The first-order valence-corrected chi connectivity index (χ1v) is 8.77. The van der Waals surface area contributed by atoms with Gasteiger partial charge in [0.15, 0.2) is 22.1 Å². The molecule has 3 rings (SSSR count). The van der Waals surface area contributed by atoms with Crippen molar-refractivity contribution in [3.8, 4) is 17.2 Å². The van der Waals surface area contributed by atoms with Crippen molar-refractivity contribution >= 4 is 27.4 Å². The molecule has 0 radical (unpaired) electrons. The van der Waals surface area contributed by atoms with Crippen molar-refractivity contribution in [2.75, 3.05) is 14.2 Å². The Labute approximate surface area is 161 Å². The first kappa shape index (κ1) is 19.8. The van der Waals surface area contributed by atoms with Crippen LogP contribution in [0.5, 0.6) is 17.2 Å². The minimum atomic E-state index is -4.47. The summed E-state index contributed by atoms with van der Waals surface area (Å²) in [4.78, 5) is 11.6. The van der Waals surface area contributed by atoms with E-state index in [4.69, 9.17) is 14.2 Å². The molecule has 0 spiro atoms. The fraction of sp³-hybridized carbons (Fsp3) is 0.211. The molecule has 1 heterocycles. The van der Waals surface area contributed by atoms with Crippen molar-refractivity contribution in [2.24, 2.45) is 0 Å². The third-order valence-electron chi connectivity index (χ3n) is 3.98. The molecular formula is C19H15F3O5S. The highest BCUT2D eigenvalue weighted by atomic mass is 32.1. The highest BCUT2D eigenvalue weighted by Crippen LogP contribution is 2.43. The van der Waals surface area contributed by atoms with Gasteiger partial charge >= 0.3 is 12.1 Å². The number of hydrogen-bond acceptors (Lipinski definition) is 5. The predicted molar refractivity (Wildman–Crippen MR) is 97.7 cm³/mol. The van der Waals surface area contributed by atoms with Crippen LogP contribution in [0.2, 0.25) is 0 Å². The number of halogens is 3. The Morgan fingerprint density at radius 2 is 1.79 bits per heavy atom. The summed E-state index contributed by atoms with van der Waals surface area (Å²) in [5.41, 5.74) is -0.528. The van der Waals surface area contributed by atoms with Crippen molar-refractivity contribution in [3.63, 3.8) is 0 Å². The van der Waals surface area contributed by atoms with Gasteiger partial charge in [-0.25, -0.2) is 4.79 Å². The molecule has 2 aromatic carbocycles. The molecule has 0 unspecified atom stereocenters. The van der Waals surface area contributed by atoms with E-state index in [1.165, 1.54) is 26.4 Å². The summed E-state index contributed by atoms with van der Waals surface area (Å²) in [6.07, 6.45) is -4.47. The first-order valence-electron chi connectivity index (χ1n) is 7.95. The second kappa shape index (κ2) is 7.59. The molecule has 0 saturated carbocycles. The zero-order valence-corrected chi connectivity index (χ0v) is 15.6. The van der Waals surface area contributed by atoms with Gasteiger partial charge in [-0.05, 0) is 23.8 Å². The van der Waals surface area contributed by atoms with Crippen molar-refractivity contribution < 1.29 is 37.3 Å². The summed E-state index contributed by atoms with van der Waals surface area (Å²) in [6.45, 7) is -0.218. The summed E-state index contributed by atoms with van der Waals surface area (Å²) in [7, 11) is 2.90. The Kier molecular flexibility index (Phi) is 5.37. The third-order valence-corrected chi connectivity index (χ3v) is 5.10. The lowest BCUT2D eigenvalue weighted by atomic mass is 10.1. The zero-order valence-electron chi connectivity index (χ0n) is 14.8. The van der Waals surface area contributed by atoms with E-state index in [-0.39, 0.29) is 22.8 Å². The number of fused-ring (bicyclic) bond motifs is 1. The number of benzene rings is 2. The maximum Gasteiger partial charge on any atom is 0.416 e. The number of aromatic carboxylic acids is 1. The molecule has 28 heavy (non-hydrogen) atoms. The van der Waals surface area contributed by atoms with Gasteiger partial charge < -0.3 is 19.3 Å². The van der Waals surface area contributed by atoms with Gasteiger partial charge in [0, 0.05) is 16.2 Å². The molecule has 148 valence electrons. The molecule has 0 aliphatic rings. The van der Waals surface area contributed by atoms with Gasteiger partial charge in [0.25, 0.3) is 0 Å². The lowest BCUT2D eigenvalue weighted by Crippen LogP contribution is -2.06. The molecule has 3 aromatic rings. The second-order valence-electron chi connectivity index (χ2n) is 5.76. The molecule has 0 fully saturated rings. The van der Waals surface area contributed by atoms with Crippen LogP contribution in [0.25, 0.3) is 10.1 Å². The molecular weight excluding hydrogens is 397 g/mol. The second-order valence-corrected chi connectivity index (χ2v) is 6.81. The number of hydrogen-bond donors (Lipinski definition) is 1. The molecule has 0 amide bonds. The standard InChI is InChI=1S/C19H15F3O5S/c1-25-13-7-12-15(8-14(13)26-2)28-17(18(23)24)16(12)27-9-10-4-3-5-11(6-10)19(20,21)22/h3-8H,9H2,1-2H3,(H,23,24). The van der Waals surface area contributed by atoms with Crippen LogP contribution in [-0.2, 0) is 12.8 Å². The average molecular weight is 412 g/mol. The van der Waals surface area contributed by atoms with Crippen LogP contribution >= 0.6 is 11.3 Å². The number of ether oxygens (including phenoxy) is 3. The van der Waals surface area contributed by atoms with E-state index in [0.29, 0.717) is 21.6 Å². The van der Waals surface area contributed by atoms with Gasteiger partial charge in [-0.15, -0.1) is 11.3 Å². The molecule has 1 N–H and O–H groups in total. The van der Waals surface area contributed by atoms with Crippen molar-refractivity contribution in [3.05, 3.63) is 52.4 Å². The monoisotopic (exact) mass is 412 g/mol. The molecule has 0 bridgehead atoms. The summed E-state index contributed by atoms with van der Waals surface area (Å²) in [5, 5.41) is 9.97. The van der Waals surface area contributed by atoms with E-state index >= 15 is 0 Å². The van der Waals surface area contributed by atoms with Crippen molar-refractivity contribution in [2.45, 2.75) is 12.8 Å². The number of thiophene rings is 1. The topological polar surface area (TPSA) is 65.0 Å².